The molecule has 7 nitrogen and oxygen atoms in total. The molecule has 1 aliphatic rings. The van der Waals surface area contributed by atoms with E-state index in [0.717, 1.165) is 16.8 Å². The number of carbonyl (C=O) groups is 2. The molecule has 154 valence electrons. The van der Waals surface area contributed by atoms with E-state index in [1.807, 2.05) is 44.2 Å². The van der Waals surface area contributed by atoms with E-state index in [-0.39, 0.29) is 24.0 Å². The van der Waals surface area contributed by atoms with Crippen LogP contribution in [0.3, 0.4) is 0 Å². The number of amides is 3. The van der Waals surface area contributed by atoms with E-state index in [0.29, 0.717) is 34.8 Å². The number of urea groups is 1. The summed E-state index contributed by atoms with van der Waals surface area (Å²) in [5.41, 5.74) is 3.47. The summed E-state index contributed by atoms with van der Waals surface area (Å²) in [5.74, 6) is 0.410. The first kappa shape index (κ1) is 20.2. The molecule has 0 unspecified atom stereocenters. The van der Waals surface area contributed by atoms with Crippen LogP contribution in [0.5, 0.6) is 0 Å². The molecule has 0 saturated carbocycles. The Balaban J connectivity index is 1.65. The third-order valence-corrected chi connectivity index (χ3v) is 5.93. The van der Waals surface area contributed by atoms with Crippen molar-refractivity contribution >= 4 is 34.6 Å². The number of benzene rings is 2. The lowest BCUT2D eigenvalue weighted by Gasteiger charge is -2.15. The molecule has 0 radical (unpaired) electrons. The highest BCUT2D eigenvalue weighted by Gasteiger charge is 2.27. The first-order chi connectivity index (χ1) is 14.4. The monoisotopic (exact) mass is 422 g/mol. The molecular weight excluding hydrogens is 400 g/mol. The number of aromatic nitrogens is 2. The zero-order chi connectivity index (χ0) is 21.3. The molecule has 1 fully saturated rings. The lowest BCUT2D eigenvalue weighted by Crippen LogP contribution is -2.32. The average molecular weight is 423 g/mol. The maximum atomic E-state index is 13.3. The fourth-order valence-corrected chi connectivity index (χ4v) is 4.52. The van der Waals surface area contributed by atoms with Crippen molar-refractivity contribution in [2.24, 2.45) is 0 Å². The largest absolute Gasteiger partial charge is 0.329 e. The minimum absolute atomic E-state index is 0.0600. The predicted molar refractivity (Wildman–Crippen MR) is 117 cm³/mol. The van der Waals surface area contributed by atoms with Crippen molar-refractivity contribution in [1.29, 1.82) is 0 Å². The number of hydrogen-bond donors (Lipinski definition) is 1. The summed E-state index contributed by atoms with van der Waals surface area (Å²) < 4.78 is 1.65. The summed E-state index contributed by atoms with van der Waals surface area (Å²) in [6, 6.07) is 13.0. The number of hydrogen-bond acceptors (Lipinski definition) is 5. The molecule has 1 saturated heterocycles. The Kier molecular flexibility index (Phi) is 5.59. The zero-order valence-electron chi connectivity index (χ0n) is 16.8. The van der Waals surface area contributed by atoms with E-state index < -0.39 is 0 Å². The molecule has 0 atom stereocenters. The summed E-state index contributed by atoms with van der Waals surface area (Å²) in [5, 5.41) is 3.69. The molecule has 0 spiro atoms. The van der Waals surface area contributed by atoms with Gasteiger partial charge in [-0.15, -0.1) is 0 Å². The van der Waals surface area contributed by atoms with Gasteiger partial charge in [0.05, 0.1) is 23.1 Å². The van der Waals surface area contributed by atoms with Gasteiger partial charge in [-0.2, -0.15) is 0 Å². The summed E-state index contributed by atoms with van der Waals surface area (Å²) in [7, 11) is 0. The minimum atomic E-state index is -0.346. The Labute approximate surface area is 178 Å². The topological polar surface area (TPSA) is 84.3 Å². The van der Waals surface area contributed by atoms with Gasteiger partial charge >= 0.3 is 6.03 Å². The number of aryl methyl sites for hydroxylation is 2. The van der Waals surface area contributed by atoms with Gasteiger partial charge in [-0.25, -0.2) is 9.78 Å². The van der Waals surface area contributed by atoms with E-state index in [9.17, 15) is 14.4 Å². The first-order valence-corrected chi connectivity index (χ1v) is 10.7. The highest BCUT2D eigenvalue weighted by atomic mass is 32.2. The number of thioether (sulfide) groups is 1. The molecule has 1 aliphatic heterocycles. The molecule has 4 rings (SSSR count). The molecule has 2 aromatic carbocycles. The predicted octanol–water partition coefficient (Wildman–Crippen LogP) is 3.04. The molecule has 30 heavy (non-hydrogen) atoms. The van der Waals surface area contributed by atoms with E-state index in [1.54, 1.807) is 10.6 Å². The van der Waals surface area contributed by atoms with Crippen LogP contribution in [0.1, 0.15) is 17.5 Å². The smallest absolute Gasteiger partial charge is 0.324 e. The molecule has 2 heterocycles. The van der Waals surface area contributed by atoms with Gasteiger partial charge in [-0.3, -0.25) is 19.1 Å². The fourth-order valence-electron chi connectivity index (χ4n) is 3.58. The number of nitrogens with zero attached hydrogens (tertiary/aromatic N) is 3. The first-order valence-electron chi connectivity index (χ1n) is 9.75. The van der Waals surface area contributed by atoms with Crippen LogP contribution in [0, 0.1) is 13.8 Å². The Morgan fingerprint density at radius 3 is 2.50 bits per heavy atom. The van der Waals surface area contributed by atoms with Gasteiger partial charge in [-0.1, -0.05) is 30.0 Å². The van der Waals surface area contributed by atoms with Crippen LogP contribution in [0.15, 0.2) is 52.4 Å². The van der Waals surface area contributed by atoms with Gasteiger partial charge in [0.15, 0.2) is 5.16 Å². The van der Waals surface area contributed by atoms with Crippen LogP contribution < -0.4 is 10.9 Å². The van der Waals surface area contributed by atoms with Gasteiger partial charge in [0.1, 0.15) is 0 Å². The Morgan fingerprint density at radius 1 is 1.07 bits per heavy atom. The van der Waals surface area contributed by atoms with E-state index >= 15 is 0 Å². The van der Waals surface area contributed by atoms with E-state index in [1.165, 1.54) is 16.7 Å². The second-order valence-electron chi connectivity index (χ2n) is 7.30. The Bertz CT molecular complexity index is 1170. The fraction of sp³-hybridized carbons (Fsp3) is 0.273. The molecular formula is C22H22N4O3S. The maximum absolute atomic E-state index is 13.3. The summed E-state index contributed by atoms with van der Waals surface area (Å²) >= 11 is 1.45. The van der Waals surface area contributed by atoms with Crippen molar-refractivity contribution in [2.75, 3.05) is 18.8 Å². The van der Waals surface area contributed by atoms with Crippen LogP contribution in [-0.4, -0.2) is 45.2 Å². The van der Waals surface area contributed by atoms with Gasteiger partial charge in [-0.05, 0) is 55.7 Å². The second-order valence-corrected chi connectivity index (χ2v) is 8.37. The van der Waals surface area contributed by atoms with Crippen LogP contribution >= 0.6 is 11.8 Å². The number of para-hydroxylation sites is 1. The van der Waals surface area contributed by atoms with Crippen molar-refractivity contribution in [1.82, 2.24) is 19.8 Å². The van der Waals surface area contributed by atoms with Gasteiger partial charge in [0.25, 0.3) is 5.56 Å². The lowest BCUT2D eigenvalue weighted by atomic mass is 10.1. The number of nitrogens with one attached hydrogen (secondary N) is 1. The number of rotatable bonds is 6. The highest BCUT2D eigenvalue weighted by molar-refractivity contribution is 7.99. The third-order valence-electron chi connectivity index (χ3n) is 4.90. The Hall–Kier alpha value is -3.13. The molecule has 1 aromatic heterocycles. The van der Waals surface area contributed by atoms with Crippen LogP contribution in [0.2, 0.25) is 0 Å². The van der Waals surface area contributed by atoms with Gasteiger partial charge in [0, 0.05) is 12.3 Å². The van der Waals surface area contributed by atoms with Gasteiger partial charge < -0.3 is 5.32 Å². The minimum Gasteiger partial charge on any atom is -0.329 e. The number of imide groups is 1. The van der Waals surface area contributed by atoms with Crippen molar-refractivity contribution < 1.29 is 9.59 Å². The van der Waals surface area contributed by atoms with Gasteiger partial charge in [0.2, 0.25) is 5.91 Å². The normalized spacial score (nSPS) is 13.9. The maximum Gasteiger partial charge on any atom is 0.324 e. The van der Waals surface area contributed by atoms with Crippen molar-refractivity contribution in [3.05, 3.63) is 63.9 Å². The quantitative estimate of drug-likeness (QED) is 0.286. The Morgan fingerprint density at radius 2 is 1.80 bits per heavy atom. The third kappa shape index (κ3) is 3.95. The molecule has 0 bridgehead atoms. The molecule has 3 amide bonds. The summed E-state index contributed by atoms with van der Waals surface area (Å²) in [6.07, 6.45) is 0.610. The number of carbonyl (C=O) groups excluding carboxylic acids is 2. The van der Waals surface area contributed by atoms with Crippen LogP contribution in [0.25, 0.3) is 16.6 Å². The van der Waals surface area contributed by atoms with Crippen molar-refractivity contribution in [3.63, 3.8) is 0 Å². The molecule has 0 aliphatic carbocycles. The van der Waals surface area contributed by atoms with Crippen LogP contribution in [-0.2, 0) is 4.79 Å². The molecule has 1 N–H and O–H groups in total. The molecule has 8 heteroatoms. The van der Waals surface area contributed by atoms with E-state index in [2.05, 4.69) is 11.4 Å². The standard InChI is InChI=1S/C22H22N4O3S/c1-14-10-15(2)12-16(11-14)26-20(28)17-6-3-4-7-18(17)24-22(26)30-9-5-8-25-19(27)13-23-21(25)29/h3-4,6-7,10-12H,5,8-9,13H2,1-2H3,(H,23,29). The van der Waals surface area contributed by atoms with E-state index in [4.69, 9.17) is 4.98 Å². The second kappa shape index (κ2) is 8.31. The SMILES string of the molecule is Cc1cc(C)cc(-n2c(SCCCN3C(=O)CNC3=O)nc3ccccc3c2=O)c1. The lowest BCUT2D eigenvalue weighted by molar-refractivity contribution is -0.124. The summed E-state index contributed by atoms with van der Waals surface area (Å²) in [6.45, 7) is 4.41. The number of fused-ring (bicyclic) bond motifs is 1. The highest BCUT2D eigenvalue weighted by Crippen LogP contribution is 2.23. The van der Waals surface area contributed by atoms with Crippen LogP contribution in [0.4, 0.5) is 4.79 Å². The summed E-state index contributed by atoms with van der Waals surface area (Å²) in [4.78, 5) is 42.7. The zero-order valence-corrected chi connectivity index (χ0v) is 17.7. The van der Waals surface area contributed by atoms with Crippen molar-refractivity contribution in [3.8, 4) is 5.69 Å². The average Bonchev–Trinajstić information content (AvgIpc) is 3.02. The molecule has 3 aromatic rings. The van der Waals surface area contributed by atoms with Crippen molar-refractivity contribution in [2.45, 2.75) is 25.4 Å².